The zero-order valence-electron chi connectivity index (χ0n) is 5.97. The molecule has 0 fully saturated rings. The number of carboxylic acid groups (broad SMARTS) is 1. The highest BCUT2D eigenvalue weighted by molar-refractivity contribution is 5.87. The van der Waals surface area contributed by atoms with Crippen molar-refractivity contribution in [3.63, 3.8) is 0 Å². The summed E-state index contributed by atoms with van der Waals surface area (Å²) in [6, 6.07) is 3.70. The van der Waals surface area contributed by atoms with Gasteiger partial charge in [0, 0.05) is 0 Å². The van der Waals surface area contributed by atoms with Crippen LogP contribution >= 0.6 is 0 Å². The van der Waals surface area contributed by atoms with E-state index in [1.165, 1.54) is 12.1 Å². The van der Waals surface area contributed by atoms with Gasteiger partial charge < -0.3 is 5.11 Å². The minimum Gasteiger partial charge on any atom is -0.478 e. The van der Waals surface area contributed by atoms with Gasteiger partial charge in [-0.1, -0.05) is 0 Å². The third-order valence-corrected chi connectivity index (χ3v) is 1.29. The monoisotopic (exact) mass is 154 g/mol. The highest BCUT2D eigenvalue weighted by Gasteiger charge is 2.03. The maximum absolute atomic E-state index is 12.5. The minimum atomic E-state index is -1.10. The van der Waals surface area contributed by atoms with Crippen molar-refractivity contribution in [2.24, 2.45) is 0 Å². The number of aryl methyl sites for hydroxylation is 1. The predicted molar refractivity (Wildman–Crippen MR) is 38.1 cm³/mol. The van der Waals surface area contributed by atoms with Crippen LogP contribution in [0.3, 0.4) is 0 Å². The van der Waals surface area contributed by atoms with Crippen molar-refractivity contribution in [3.8, 4) is 0 Å². The third-order valence-electron chi connectivity index (χ3n) is 1.29. The number of hydrogen-bond acceptors (Lipinski definition) is 1. The molecule has 11 heavy (non-hydrogen) atoms. The van der Waals surface area contributed by atoms with Crippen molar-refractivity contribution in [2.75, 3.05) is 0 Å². The lowest BCUT2D eigenvalue weighted by atomic mass is 10.1. The Morgan fingerprint density at radius 1 is 1.45 bits per heavy atom. The highest BCUT2D eigenvalue weighted by atomic mass is 19.1. The van der Waals surface area contributed by atoms with Crippen LogP contribution in [0.15, 0.2) is 18.2 Å². The molecule has 0 radical (unpaired) electrons. The second-order valence-corrected chi connectivity index (χ2v) is 2.32. The fourth-order valence-electron chi connectivity index (χ4n) is 0.860. The quantitative estimate of drug-likeness (QED) is 0.670. The number of halogens is 1. The van der Waals surface area contributed by atoms with Crippen LogP contribution in [0.25, 0.3) is 0 Å². The minimum absolute atomic E-state index is 0.0116. The van der Waals surface area contributed by atoms with Gasteiger partial charge in [0.1, 0.15) is 5.82 Å². The van der Waals surface area contributed by atoms with E-state index in [9.17, 15) is 9.18 Å². The van der Waals surface area contributed by atoms with Crippen molar-refractivity contribution in [3.05, 3.63) is 35.1 Å². The highest BCUT2D eigenvalue weighted by Crippen LogP contribution is 2.07. The predicted octanol–water partition coefficient (Wildman–Crippen LogP) is 1.83. The van der Waals surface area contributed by atoms with Crippen molar-refractivity contribution < 1.29 is 14.3 Å². The Morgan fingerprint density at radius 3 is 2.55 bits per heavy atom. The molecule has 1 rings (SSSR count). The summed E-state index contributed by atoms with van der Waals surface area (Å²) in [6.07, 6.45) is 0. The molecule has 1 N–H and O–H groups in total. The van der Waals surface area contributed by atoms with Crippen molar-refractivity contribution in [1.29, 1.82) is 0 Å². The molecule has 58 valence electrons. The number of hydrogen-bond donors (Lipinski definition) is 1. The number of carbonyl (C=O) groups is 1. The van der Waals surface area contributed by atoms with Crippen LogP contribution < -0.4 is 0 Å². The Labute approximate surface area is 63.3 Å². The lowest BCUT2D eigenvalue weighted by Gasteiger charge is -1.96. The maximum Gasteiger partial charge on any atom is 0.335 e. The molecule has 3 heteroatoms. The SMILES string of the molecule is Cc1cc(F)cc(C(=O)O)c1. The Hall–Kier alpha value is -1.38. The molecular weight excluding hydrogens is 147 g/mol. The second-order valence-electron chi connectivity index (χ2n) is 2.32. The summed E-state index contributed by atoms with van der Waals surface area (Å²) in [5.41, 5.74) is 0.602. The fraction of sp³-hybridized carbons (Fsp3) is 0.125. The normalized spacial score (nSPS) is 9.64. The fourth-order valence-corrected chi connectivity index (χ4v) is 0.860. The van der Waals surface area contributed by atoms with Gasteiger partial charge in [-0.2, -0.15) is 0 Å². The van der Waals surface area contributed by atoms with Crippen LogP contribution in [-0.2, 0) is 0 Å². The second kappa shape index (κ2) is 2.70. The zero-order chi connectivity index (χ0) is 8.43. The third kappa shape index (κ3) is 1.77. The van der Waals surface area contributed by atoms with Gasteiger partial charge in [-0.25, -0.2) is 9.18 Å². The van der Waals surface area contributed by atoms with Gasteiger partial charge in [-0.3, -0.25) is 0 Å². The average Bonchev–Trinajstić information content (AvgIpc) is 1.85. The van der Waals surface area contributed by atoms with Gasteiger partial charge in [-0.15, -0.1) is 0 Å². The van der Waals surface area contributed by atoms with E-state index >= 15 is 0 Å². The van der Waals surface area contributed by atoms with Crippen LogP contribution in [0.2, 0.25) is 0 Å². The molecule has 0 aliphatic heterocycles. The lowest BCUT2D eigenvalue weighted by Crippen LogP contribution is -1.97. The van der Waals surface area contributed by atoms with Crippen molar-refractivity contribution >= 4 is 5.97 Å². The van der Waals surface area contributed by atoms with Gasteiger partial charge in [0.05, 0.1) is 5.56 Å². The number of carboxylic acids is 1. The summed E-state index contributed by atoms with van der Waals surface area (Å²) in [5.74, 6) is -1.62. The number of benzene rings is 1. The molecule has 0 saturated heterocycles. The van der Waals surface area contributed by atoms with E-state index in [1.54, 1.807) is 6.92 Å². The first-order chi connectivity index (χ1) is 5.09. The Balaban J connectivity index is 3.19. The molecule has 0 saturated carbocycles. The molecule has 0 amide bonds. The maximum atomic E-state index is 12.5. The summed E-state index contributed by atoms with van der Waals surface area (Å²) in [4.78, 5) is 10.3. The molecule has 1 aromatic rings. The van der Waals surface area contributed by atoms with E-state index in [4.69, 9.17) is 5.11 Å². The molecular formula is C8H7FO2. The van der Waals surface area contributed by atoms with E-state index in [2.05, 4.69) is 0 Å². The molecule has 0 heterocycles. The summed E-state index contributed by atoms with van der Waals surface area (Å²) < 4.78 is 12.5. The Kier molecular flexibility index (Phi) is 1.89. The first kappa shape index (κ1) is 7.72. The van der Waals surface area contributed by atoms with E-state index in [0.717, 1.165) is 6.07 Å². The first-order valence-corrected chi connectivity index (χ1v) is 3.10. The smallest absolute Gasteiger partial charge is 0.335 e. The molecule has 1 aromatic carbocycles. The van der Waals surface area contributed by atoms with E-state index < -0.39 is 11.8 Å². The molecule has 0 aliphatic carbocycles. The first-order valence-electron chi connectivity index (χ1n) is 3.10. The zero-order valence-corrected chi connectivity index (χ0v) is 5.97. The molecule has 0 unspecified atom stereocenters. The van der Waals surface area contributed by atoms with Gasteiger partial charge in [0.15, 0.2) is 0 Å². The Morgan fingerprint density at radius 2 is 2.09 bits per heavy atom. The van der Waals surface area contributed by atoms with Crippen LogP contribution in [-0.4, -0.2) is 11.1 Å². The molecule has 0 bridgehead atoms. The summed E-state index contributed by atoms with van der Waals surface area (Å²) in [6.45, 7) is 1.65. The van der Waals surface area contributed by atoms with Crippen molar-refractivity contribution in [2.45, 2.75) is 6.92 Å². The van der Waals surface area contributed by atoms with Gasteiger partial charge in [0.2, 0.25) is 0 Å². The molecule has 0 atom stereocenters. The Bertz CT molecular complexity index is 274. The number of aromatic carboxylic acids is 1. The molecule has 2 nitrogen and oxygen atoms in total. The van der Waals surface area contributed by atoms with Crippen LogP contribution in [0.5, 0.6) is 0 Å². The average molecular weight is 154 g/mol. The van der Waals surface area contributed by atoms with Gasteiger partial charge >= 0.3 is 5.97 Å². The summed E-state index contributed by atoms with van der Waals surface area (Å²) >= 11 is 0. The van der Waals surface area contributed by atoms with Crippen LogP contribution in [0.1, 0.15) is 15.9 Å². The largest absolute Gasteiger partial charge is 0.478 e. The molecule has 0 aliphatic rings. The van der Waals surface area contributed by atoms with Gasteiger partial charge in [0.25, 0.3) is 0 Å². The lowest BCUT2D eigenvalue weighted by molar-refractivity contribution is 0.0696. The van der Waals surface area contributed by atoms with Crippen LogP contribution in [0.4, 0.5) is 4.39 Å². The topological polar surface area (TPSA) is 37.3 Å². The number of rotatable bonds is 1. The molecule has 0 aromatic heterocycles. The van der Waals surface area contributed by atoms with Crippen LogP contribution in [0, 0.1) is 12.7 Å². The van der Waals surface area contributed by atoms with Crippen molar-refractivity contribution in [1.82, 2.24) is 0 Å². The van der Waals surface area contributed by atoms with Gasteiger partial charge in [-0.05, 0) is 30.7 Å². The van der Waals surface area contributed by atoms with E-state index in [0.29, 0.717) is 5.56 Å². The summed E-state index contributed by atoms with van der Waals surface area (Å²) in [5, 5.41) is 8.47. The summed E-state index contributed by atoms with van der Waals surface area (Å²) in [7, 11) is 0. The molecule has 0 spiro atoms. The van der Waals surface area contributed by atoms with E-state index in [1.807, 2.05) is 0 Å². The standard InChI is InChI=1S/C8H7FO2/c1-5-2-6(8(10)11)4-7(9)3-5/h2-4H,1H3,(H,10,11). The van der Waals surface area contributed by atoms with E-state index in [-0.39, 0.29) is 5.56 Å².